The summed E-state index contributed by atoms with van der Waals surface area (Å²) >= 11 is 3.31. The molecule has 0 unspecified atom stereocenters. The average molecular weight is 335 g/mol. The minimum absolute atomic E-state index is 0.249. The fourth-order valence-electron chi connectivity index (χ4n) is 1.99. The van der Waals surface area contributed by atoms with Gasteiger partial charge in [0.05, 0.1) is 11.0 Å². The zero-order valence-electron chi connectivity index (χ0n) is 10.0. The van der Waals surface area contributed by atoms with Crippen LogP contribution in [-0.4, -0.2) is 15.8 Å². The molecule has 3 rings (SSSR count). The van der Waals surface area contributed by atoms with Crippen molar-refractivity contribution in [2.45, 2.75) is 0 Å². The van der Waals surface area contributed by atoms with Crippen LogP contribution < -0.4 is 5.69 Å². The van der Waals surface area contributed by atoms with E-state index in [9.17, 15) is 14.0 Å². The molecule has 100 valence electrons. The Hall–Kier alpha value is -2.21. The van der Waals surface area contributed by atoms with Crippen molar-refractivity contribution in [1.29, 1.82) is 0 Å². The fourth-order valence-corrected chi connectivity index (χ4v) is 2.51. The highest BCUT2D eigenvalue weighted by Gasteiger charge is 2.14. The molecule has 0 bridgehead atoms. The van der Waals surface area contributed by atoms with Gasteiger partial charge in [0.1, 0.15) is 5.82 Å². The van der Waals surface area contributed by atoms with Gasteiger partial charge in [0.15, 0.2) is 5.78 Å². The molecule has 4 nitrogen and oxygen atoms in total. The minimum Gasteiger partial charge on any atom is -0.306 e. The topological polar surface area (TPSA) is 65.7 Å². The molecule has 0 fully saturated rings. The van der Waals surface area contributed by atoms with E-state index in [-0.39, 0.29) is 11.5 Å². The fraction of sp³-hybridized carbons (Fsp3) is 0. The van der Waals surface area contributed by atoms with Crippen molar-refractivity contribution in [2.24, 2.45) is 0 Å². The van der Waals surface area contributed by atoms with Gasteiger partial charge in [-0.2, -0.15) is 0 Å². The Labute approximate surface area is 120 Å². The van der Waals surface area contributed by atoms with Crippen LogP contribution in [0.1, 0.15) is 15.9 Å². The first-order valence-corrected chi connectivity index (χ1v) is 6.56. The molecule has 2 N–H and O–H groups in total. The van der Waals surface area contributed by atoms with E-state index in [0.717, 1.165) is 0 Å². The summed E-state index contributed by atoms with van der Waals surface area (Å²) in [4.78, 5) is 28.8. The van der Waals surface area contributed by atoms with Gasteiger partial charge in [-0.1, -0.05) is 0 Å². The molecule has 0 saturated carbocycles. The predicted molar refractivity (Wildman–Crippen MR) is 76.5 cm³/mol. The number of nitrogens with one attached hydrogen (secondary N) is 2. The van der Waals surface area contributed by atoms with E-state index in [0.29, 0.717) is 26.6 Å². The van der Waals surface area contributed by atoms with Gasteiger partial charge in [0.25, 0.3) is 0 Å². The summed E-state index contributed by atoms with van der Waals surface area (Å²) < 4.78 is 13.4. The number of H-pyrrole nitrogens is 2. The summed E-state index contributed by atoms with van der Waals surface area (Å²) in [5.74, 6) is -0.646. The van der Waals surface area contributed by atoms with Crippen molar-refractivity contribution in [3.63, 3.8) is 0 Å². The Bertz CT molecular complexity index is 865. The molecule has 0 saturated heterocycles. The molecular weight excluding hydrogens is 327 g/mol. The number of hydrogen-bond donors (Lipinski definition) is 2. The standard InChI is InChI=1S/C14H8BrFN2O2/c15-10-6-12-11(17-14(20)18-12)5-9(10)13(19)7-1-3-8(16)4-2-7/h1-6H,(H2,17,18,20). The predicted octanol–water partition coefficient (Wildman–Crippen LogP) is 2.99. The van der Waals surface area contributed by atoms with E-state index in [1.54, 1.807) is 12.1 Å². The summed E-state index contributed by atoms with van der Waals surface area (Å²) in [6.45, 7) is 0. The van der Waals surface area contributed by atoms with Crippen LogP contribution in [-0.2, 0) is 0 Å². The largest absolute Gasteiger partial charge is 0.323 e. The van der Waals surface area contributed by atoms with E-state index in [4.69, 9.17) is 0 Å². The quantitative estimate of drug-likeness (QED) is 0.707. The number of rotatable bonds is 2. The maximum Gasteiger partial charge on any atom is 0.323 e. The van der Waals surface area contributed by atoms with E-state index < -0.39 is 5.82 Å². The molecular formula is C14H8BrFN2O2. The van der Waals surface area contributed by atoms with Crippen LogP contribution in [0.4, 0.5) is 4.39 Å². The van der Waals surface area contributed by atoms with Crippen molar-refractivity contribution in [1.82, 2.24) is 9.97 Å². The molecule has 20 heavy (non-hydrogen) atoms. The Morgan fingerprint density at radius 3 is 2.30 bits per heavy atom. The van der Waals surface area contributed by atoms with Crippen molar-refractivity contribution in [3.05, 3.63) is 68.3 Å². The zero-order chi connectivity index (χ0) is 14.3. The molecule has 2 aromatic carbocycles. The Kier molecular flexibility index (Phi) is 3.02. The smallest absolute Gasteiger partial charge is 0.306 e. The number of aromatic amines is 2. The first-order chi connectivity index (χ1) is 9.54. The lowest BCUT2D eigenvalue weighted by Gasteiger charge is -2.04. The van der Waals surface area contributed by atoms with E-state index >= 15 is 0 Å². The maximum atomic E-state index is 12.9. The molecule has 0 atom stereocenters. The second-order valence-corrected chi connectivity index (χ2v) is 5.15. The number of aromatic nitrogens is 2. The molecule has 0 aliphatic heterocycles. The van der Waals surface area contributed by atoms with Gasteiger partial charge in [0.2, 0.25) is 0 Å². The number of imidazole rings is 1. The normalized spacial score (nSPS) is 10.9. The zero-order valence-corrected chi connectivity index (χ0v) is 11.6. The summed E-state index contributed by atoms with van der Waals surface area (Å²) in [7, 11) is 0. The highest BCUT2D eigenvalue weighted by atomic mass is 79.9. The second kappa shape index (κ2) is 4.72. The molecule has 1 heterocycles. The van der Waals surface area contributed by atoms with E-state index in [2.05, 4.69) is 25.9 Å². The van der Waals surface area contributed by atoms with Crippen molar-refractivity contribution >= 4 is 32.7 Å². The monoisotopic (exact) mass is 334 g/mol. The molecule has 6 heteroatoms. The summed E-state index contributed by atoms with van der Waals surface area (Å²) in [5, 5.41) is 0. The lowest BCUT2D eigenvalue weighted by atomic mass is 10.0. The molecule has 1 aromatic heterocycles. The van der Waals surface area contributed by atoms with Crippen LogP contribution in [0.25, 0.3) is 11.0 Å². The van der Waals surface area contributed by atoms with E-state index in [1.807, 2.05) is 0 Å². The molecule has 0 spiro atoms. The van der Waals surface area contributed by atoms with E-state index in [1.165, 1.54) is 24.3 Å². The lowest BCUT2D eigenvalue weighted by Crippen LogP contribution is -2.02. The number of halogens is 2. The number of carbonyl (C=O) groups excluding carboxylic acids is 1. The van der Waals surface area contributed by atoms with Gasteiger partial charge in [-0.25, -0.2) is 9.18 Å². The molecule has 3 aromatic rings. The second-order valence-electron chi connectivity index (χ2n) is 4.29. The Morgan fingerprint density at radius 2 is 1.65 bits per heavy atom. The van der Waals surface area contributed by atoms with Crippen molar-refractivity contribution in [3.8, 4) is 0 Å². The third kappa shape index (κ3) is 2.18. The highest BCUT2D eigenvalue weighted by molar-refractivity contribution is 9.10. The number of fused-ring (bicyclic) bond motifs is 1. The number of hydrogen-bond acceptors (Lipinski definition) is 2. The number of benzene rings is 2. The summed E-state index contributed by atoms with van der Waals surface area (Å²) in [6.07, 6.45) is 0. The van der Waals surface area contributed by atoms with Gasteiger partial charge < -0.3 is 9.97 Å². The summed E-state index contributed by atoms with van der Waals surface area (Å²) in [5.41, 5.74) is 1.60. The Morgan fingerprint density at radius 1 is 1.05 bits per heavy atom. The van der Waals surface area contributed by atoms with Crippen LogP contribution in [0.5, 0.6) is 0 Å². The molecule has 0 aliphatic rings. The van der Waals surface area contributed by atoms with Gasteiger partial charge in [-0.05, 0) is 52.3 Å². The molecule has 0 radical (unpaired) electrons. The molecule has 0 amide bonds. The average Bonchev–Trinajstić information content (AvgIpc) is 2.77. The number of carbonyl (C=O) groups is 1. The van der Waals surface area contributed by atoms with Gasteiger partial charge in [-0.3, -0.25) is 4.79 Å². The Balaban J connectivity index is 2.13. The van der Waals surface area contributed by atoms with Crippen LogP contribution >= 0.6 is 15.9 Å². The van der Waals surface area contributed by atoms with Gasteiger partial charge >= 0.3 is 5.69 Å². The van der Waals surface area contributed by atoms with Crippen molar-refractivity contribution < 1.29 is 9.18 Å². The third-order valence-corrected chi connectivity index (χ3v) is 3.61. The maximum absolute atomic E-state index is 12.9. The number of ketones is 1. The van der Waals surface area contributed by atoms with Crippen LogP contribution in [0.3, 0.4) is 0 Å². The lowest BCUT2D eigenvalue weighted by molar-refractivity contribution is 0.103. The highest BCUT2D eigenvalue weighted by Crippen LogP contribution is 2.24. The van der Waals surface area contributed by atoms with Gasteiger partial charge in [0, 0.05) is 15.6 Å². The first kappa shape index (κ1) is 12.8. The first-order valence-electron chi connectivity index (χ1n) is 5.76. The van der Waals surface area contributed by atoms with Crippen molar-refractivity contribution in [2.75, 3.05) is 0 Å². The van der Waals surface area contributed by atoms with Crippen LogP contribution in [0.2, 0.25) is 0 Å². The van der Waals surface area contributed by atoms with Crippen LogP contribution in [0, 0.1) is 5.82 Å². The SMILES string of the molecule is O=C(c1ccc(F)cc1)c1cc2[nH]c(=O)[nH]c2cc1Br. The molecule has 0 aliphatic carbocycles. The third-order valence-electron chi connectivity index (χ3n) is 2.95. The minimum atomic E-state index is -0.397. The summed E-state index contributed by atoms with van der Waals surface area (Å²) in [6, 6.07) is 8.56. The van der Waals surface area contributed by atoms with Gasteiger partial charge in [-0.15, -0.1) is 0 Å². The van der Waals surface area contributed by atoms with Crippen LogP contribution in [0.15, 0.2) is 45.7 Å².